The first-order chi connectivity index (χ1) is 15.2. The van der Waals surface area contributed by atoms with Gasteiger partial charge in [0.05, 0.1) is 18.8 Å². The van der Waals surface area contributed by atoms with Gasteiger partial charge in [-0.05, 0) is 71.6 Å². The number of carbonyl (C=O) groups is 1. The molecule has 184 valence electrons. The Balaban J connectivity index is 1.61. The fourth-order valence-electron chi connectivity index (χ4n) is 4.15. The first-order valence-corrected chi connectivity index (χ1v) is 12.1. The molecule has 2 N–H and O–H groups in total. The summed E-state index contributed by atoms with van der Waals surface area (Å²) in [6, 6.07) is 0. The fraction of sp³-hybridized carbons (Fsp3) is 0.800. The number of piperidine rings is 1. The number of aliphatic hydroxyl groups is 1. The van der Waals surface area contributed by atoms with E-state index in [1.807, 2.05) is 32.6 Å². The number of allylic oxidation sites excluding steroid dienone is 3. The topological polar surface area (TPSA) is 80.3 Å². The van der Waals surface area contributed by atoms with Crippen LogP contribution in [0.25, 0.3) is 0 Å². The van der Waals surface area contributed by atoms with Gasteiger partial charge >= 0.3 is 0 Å². The number of carbonyl (C=O) groups excluding carboxylic acids is 1. The molecule has 1 aliphatic carbocycles. The molecule has 3 unspecified atom stereocenters. The summed E-state index contributed by atoms with van der Waals surface area (Å²) in [7, 11) is 0. The molecule has 0 radical (unpaired) electrons. The Hall–Kier alpha value is -1.25. The van der Waals surface area contributed by atoms with E-state index in [4.69, 9.17) is 14.3 Å². The van der Waals surface area contributed by atoms with E-state index in [2.05, 4.69) is 30.6 Å². The molecule has 1 fully saturated rings. The van der Waals surface area contributed by atoms with Crippen LogP contribution in [0, 0.1) is 17.8 Å². The summed E-state index contributed by atoms with van der Waals surface area (Å²) in [6.45, 7) is 13.4. The van der Waals surface area contributed by atoms with Crippen LogP contribution in [0.3, 0.4) is 0 Å². The maximum atomic E-state index is 12.0. The summed E-state index contributed by atoms with van der Waals surface area (Å²) in [5.74, 6) is 0.889. The molecule has 1 aliphatic heterocycles. The van der Waals surface area contributed by atoms with Crippen LogP contribution in [-0.2, 0) is 19.1 Å². The summed E-state index contributed by atoms with van der Waals surface area (Å²) >= 11 is 0. The van der Waals surface area contributed by atoms with Gasteiger partial charge in [-0.1, -0.05) is 30.7 Å². The highest BCUT2D eigenvalue weighted by atomic mass is 16.7. The molecule has 7 heteroatoms. The molecule has 1 saturated heterocycles. The Morgan fingerprint density at radius 3 is 2.62 bits per heavy atom. The van der Waals surface area contributed by atoms with Gasteiger partial charge < -0.3 is 14.6 Å². The van der Waals surface area contributed by atoms with Crippen molar-refractivity contribution < 1.29 is 24.2 Å². The predicted octanol–water partition coefficient (Wildman–Crippen LogP) is 3.79. The Morgan fingerprint density at radius 2 is 2.03 bits per heavy atom. The third-order valence-corrected chi connectivity index (χ3v) is 6.13. The zero-order chi connectivity index (χ0) is 23.6. The van der Waals surface area contributed by atoms with Gasteiger partial charge in [0.15, 0.2) is 0 Å². The number of hydroxylamine groups is 1. The number of aliphatic hydroxyl groups excluding tert-OH is 1. The van der Waals surface area contributed by atoms with Crippen LogP contribution in [0.15, 0.2) is 23.8 Å². The van der Waals surface area contributed by atoms with Gasteiger partial charge in [-0.3, -0.25) is 14.5 Å². The SMILES string of the molecule is CCONC(=O)C1CC=C(C(C)/C=C\COCC2CCN(C(O)OC(C)(C)C)CC2)CC1. The molecule has 32 heavy (non-hydrogen) atoms. The van der Waals surface area contributed by atoms with Crippen molar-refractivity contribution in [1.29, 1.82) is 0 Å². The number of hydrogen-bond donors (Lipinski definition) is 2. The van der Waals surface area contributed by atoms with E-state index in [9.17, 15) is 9.90 Å². The number of likely N-dealkylation sites (tertiary alicyclic amines) is 1. The number of amides is 1. The minimum Gasteiger partial charge on any atom is -0.377 e. The molecule has 1 heterocycles. The predicted molar refractivity (Wildman–Crippen MR) is 125 cm³/mol. The van der Waals surface area contributed by atoms with E-state index in [1.165, 1.54) is 5.57 Å². The van der Waals surface area contributed by atoms with E-state index in [1.54, 1.807) is 0 Å². The van der Waals surface area contributed by atoms with Crippen LogP contribution >= 0.6 is 0 Å². The minimum atomic E-state index is -0.829. The third-order valence-electron chi connectivity index (χ3n) is 6.13. The largest absolute Gasteiger partial charge is 0.377 e. The number of hydrogen-bond acceptors (Lipinski definition) is 6. The van der Waals surface area contributed by atoms with Crippen molar-refractivity contribution in [3.05, 3.63) is 23.8 Å². The molecule has 3 atom stereocenters. The van der Waals surface area contributed by atoms with Crippen molar-refractivity contribution in [2.24, 2.45) is 17.8 Å². The van der Waals surface area contributed by atoms with Gasteiger partial charge in [-0.2, -0.15) is 0 Å². The van der Waals surface area contributed by atoms with Crippen LogP contribution < -0.4 is 5.48 Å². The van der Waals surface area contributed by atoms with Crippen molar-refractivity contribution in [3.63, 3.8) is 0 Å². The van der Waals surface area contributed by atoms with E-state index in [-0.39, 0.29) is 17.4 Å². The molecule has 7 nitrogen and oxygen atoms in total. The fourth-order valence-corrected chi connectivity index (χ4v) is 4.15. The number of nitrogens with zero attached hydrogens (tertiary/aromatic N) is 1. The molecule has 1 amide bonds. The van der Waals surface area contributed by atoms with Crippen molar-refractivity contribution in [2.75, 3.05) is 32.9 Å². The summed E-state index contributed by atoms with van der Waals surface area (Å²) < 4.78 is 11.5. The van der Waals surface area contributed by atoms with E-state index < -0.39 is 6.41 Å². The highest BCUT2D eigenvalue weighted by Gasteiger charge is 2.27. The first kappa shape index (κ1) is 27.0. The molecule has 0 aromatic rings. The lowest BCUT2D eigenvalue weighted by atomic mass is 9.84. The molecular formula is C25H44N2O5. The Bertz CT molecular complexity index is 620. The zero-order valence-electron chi connectivity index (χ0n) is 20.6. The van der Waals surface area contributed by atoms with Crippen LogP contribution in [0.2, 0.25) is 0 Å². The molecular weight excluding hydrogens is 408 g/mol. The highest BCUT2D eigenvalue weighted by Crippen LogP contribution is 2.29. The third kappa shape index (κ3) is 9.71. The lowest BCUT2D eigenvalue weighted by Gasteiger charge is -2.37. The number of rotatable bonds is 11. The van der Waals surface area contributed by atoms with Crippen LogP contribution in [0.1, 0.15) is 66.7 Å². The van der Waals surface area contributed by atoms with Crippen LogP contribution in [0.4, 0.5) is 0 Å². The molecule has 0 aromatic heterocycles. The van der Waals surface area contributed by atoms with E-state index >= 15 is 0 Å². The minimum absolute atomic E-state index is 0.0115. The summed E-state index contributed by atoms with van der Waals surface area (Å²) in [5.41, 5.74) is 3.56. The van der Waals surface area contributed by atoms with Gasteiger partial charge in [0.2, 0.25) is 12.3 Å². The standard InChI is InChI=1S/C25H44N2O5/c1-6-31-26-23(28)22-11-9-21(10-12-22)19(2)8-7-17-30-18-20-13-15-27(16-14-20)24(29)32-25(3,4)5/h7-9,19-20,22,24,29H,6,10-18H2,1-5H3,(H,26,28)/b8-7-. The quantitative estimate of drug-likeness (QED) is 0.215. The Morgan fingerprint density at radius 1 is 1.31 bits per heavy atom. The van der Waals surface area contributed by atoms with Gasteiger partial charge in [-0.25, -0.2) is 5.48 Å². The lowest BCUT2D eigenvalue weighted by molar-refractivity contribution is -0.243. The second-order valence-corrected chi connectivity index (χ2v) is 9.94. The van der Waals surface area contributed by atoms with Gasteiger partial charge in [0.1, 0.15) is 0 Å². The van der Waals surface area contributed by atoms with E-state index in [0.717, 1.165) is 51.8 Å². The lowest BCUT2D eigenvalue weighted by Crippen LogP contribution is -2.46. The Labute approximate surface area is 194 Å². The molecule has 0 saturated carbocycles. The maximum Gasteiger partial charge on any atom is 0.246 e. The average molecular weight is 453 g/mol. The van der Waals surface area contributed by atoms with Crippen molar-refractivity contribution in [2.45, 2.75) is 78.7 Å². The molecule has 0 spiro atoms. The zero-order valence-corrected chi connectivity index (χ0v) is 20.6. The molecule has 0 aromatic carbocycles. The second kappa shape index (κ2) is 13.5. The van der Waals surface area contributed by atoms with E-state index in [0.29, 0.717) is 25.0 Å². The molecule has 0 bridgehead atoms. The monoisotopic (exact) mass is 452 g/mol. The van der Waals surface area contributed by atoms with Gasteiger partial charge in [0.25, 0.3) is 0 Å². The number of nitrogens with one attached hydrogen (secondary N) is 1. The Kier molecular flexibility index (Phi) is 11.4. The van der Waals surface area contributed by atoms with Gasteiger partial charge in [0, 0.05) is 25.6 Å². The number of ether oxygens (including phenoxy) is 2. The van der Waals surface area contributed by atoms with Crippen molar-refractivity contribution in [1.82, 2.24) is 10.4 Å². The summed E-state index contributed by atoms with van der Waals surface area (Å²) in [5, 5.41) is 10.2. The second-order valence-electron chi connectivity index (χ2n) is 9.94. The average Bonchev–Trinajstić information content (AvgIpc) is 2.76. The molecule has 2 aliphatic rings. The smallest absolute Gasteiger partial charge is 0.246 e. The maximum absolute atomic E-state index is 12.0. The van der Waals surface area contributed by atoms with Crippen LogP contribution in [0.5, 0.6) is 0 Å². The summed E-state index contributed by atoms with van der Waals surface area (Å²) in [6.07, 6.45) is 10.3. The van der Waals surface area contributed by atoms with Gasteiger partial charge in [-0.15, -0.1) is 0 Å². The van der Waals surface area contributed by atoms with Crippen molar-refractivity contribution >= 4 is 5.91 Å². The van der Waals surface area contributed by atoms with Crippen molar-refractivity contribution in [3.8, 4) is 0 Å². The summed E-state index contributed by atoms with van der Waals surface area (Å²) in [4.78, 5) is 19.0. The highest BCUT2D eigenvalue weighted by molar-refractivity contribution is 5.78. The molecule has 2 rings (SSSR count). The normalized spacial score (nSPS) is 23.2. The first-order valence-electron chi connectivity index (χ1n) is 12.1. The van der Waals surface area contributed by atoms with Crippen LogP contribution in [-0.4, -0.2) is 60.8 Å².